The van der Waals surface area contributed by atoms with Crippen LogP contribution in [0.25, 0.3) is 0 Å². The minimum atomic E-state index is -0.395. The van der Waals surface area contributed by atoms with Crippen LogP contribution in [0.3, 0.4) is 0 Å². The van der Waals surface area contributed by atoms with Gasteiger partial charge in [-0.1, -0.05) is 12.1 Å². The number of primary amides is 1. The summed E-state index contributed by atoms with van der Waals surface area (Å²) < 4.78 is 13.2. The SMILES string of the molecule is CC(Nc1ccc(CC(N)=O)cc1)c1cc(F)ccc1O. The van der Waals surface area contributed by atoms with Gasteiger partial charge in [-0.3, -0.25) is 4.79 Å². The molecular formula is C16H17FN2O2. The average molecular weight is 288 g/mol. The Morgan fingerprint density at radius 1 is 1.29 bits per heavy atom. The molecule has 0 aliphatic heterocycles. The number of rotatable bonds is 5. The number of aromatic hydroxyl groups is 1. The third-order valence-corrected chi connectivity index (χ3v) is 3.17. The van der Waals surface area contributed by atoms with Crippen molar-refractivity contribution >= 4 is 11.6 Å². The Labute approximate surface area is 122 Å². The molecule has 0 saturated carbocycles. The summed E-state index contributed by atoms with van der Waals surface area (Å²) in [6.45, 7) is 1.83. The van der Waals surface area contributed by atoms with E-state index in [-0.39, 0.29) is 24.1 Å². The predicted octanol–water partition coefficient (Wildman–Crippen LogP) is 2.73. The first-order chi connectivity index (χ1) is 9.95. The molecular weight excluding hydrogens is 271 g/mol. The van der Waals surface area contributed by atoms with Gasteiger partial charge in [-0.25, -0.2) is 4.39 Å². The van der Waals surface area contributed by atoms with Crippen molar-refractivity contribution in [3.05, 3.63) is 59.4 Å². The number of benzene rings is 2. The molecule has 0 aliphatic carbocycles. The zero-order chi connectivity index (χ0) is 15.4. The number of phenols is 1. The Balaban J connectivity index is 2.10. The summed E-state index contributed by atoms with van der Waals surface area (Å²) in [5.41, 5.74) is 7.25. The highest BCUT2D eigenvalue weighted by atomic mass is 19.1. The maximum Gasteiger partial charge on any atom is 0.221 e. The van der Waals surface area contributed by atoms with Crippen molar-refractivity contribution in [2.75, 3.05) is 5.32 Å². The van der Waals surface area contributed by atoms with Gasteiger partial charge < -0.3 is 16.2 Å². The second kappa shape index (κ2) is 6.26. The molecule has 0 heterocycles. The number of carbonyl (C=O) groups is 1. The number of hydrogen-bond acceptors (Lipinski definition) is 3. The van der Waals surface area contributed by atoms with Gasteiger partial charge in [0.25, 0.3) is 0 Å². The van der Waals surface area contributed by atoms with Crippen molar-refractivity contribution in [3.63, 3.8) is 0 Å². The smallest absolute Gasteiger partial charge is 0.221 e. The molecule has 0 fully saturated rings. The molecule has 2 rings (SSSR count). The number of halogens is 1. The molecule has 0 radical (unpaired) electrons. The highest BCUT2D eigenvalue weighted by molar-refractivity contribution is 5.76. The molecule has 0 aromatic heterocycles. The number of nitrogens with two attached hydrogens (primary N) is 1. The molecule has 0 spiro atoms. The Hall–Kier alpha value is -2.56. The Bertz CT molecular complexity index is 641. The van der Waals surface area contributed by atoms with Crippen molar-refractivity contribution in [3.8, 4) is 5.75 Å². The van der Waals surface area contributed by atoms with Gasteiger partial charge in [0.15, 0.2) is 0 Å². The first kappa shape index (κ1) is 14.8. The quantitative estimate of drug-likeness (QED) is 0.792. The first-order valence-corrected chi connectivity index (χ1v) is 6.58. The second-order valence-corrected chi connectivity index (χ2v) is 4.91. The zero-order valence-electron chi connectivity index (χ0n) is 11.6. The molecule has 2 aromatic carbocycles. The summed E-state index contributed by atoms with van der Waals surface area (Å²) in [4.78, 5) is 10.8. The van der Waals surface area contributed by atoms with E-state index < -0.39 is 5.82 Å². The number of anilines is 1. The van der Waals surface area contributed by atoms with E-state index in [2.05, 4.69) is 5.32 Å². The third-order valence-electron chi connectivity index (χ3n) is 3.17. The largest absolute Gasteiger partial charge is 0.508 e. The molecule has 0 bridgehead atoms. The maximum absolute atomic E-state index is 13.2. The van der Waals surface area contributed by atoms with Crippen molar-refractivity contribution in [1.82, 2.24) is 0 Å². The van der Waals surface area contributed by atoms with Crippen LogP contribution in [-0.4, -0.2) is 11.0 Å². The fraction of sp³-hybridized carbons (Fsp3) is 0.188. The molecule has 0 saturated heterocycles. The molecule has 4 nitrogen and oxygen atoms in total. The van der Waals surface area contributed by atoms with Gasteiger partial charge in [0, 0.05) is 11.3 Å². The highest BCUT2D eigenvalue weighted by Gasteiger charge is 2.11. The molecule has 110 valence electrons. The van der Waals surface area contributed by atoms with Gasteiger partial charge in [-0.15, -0.1) is 0 Å². The van der Waals surface area contributed by atoms with E-state index in [9.17, 15) is 14.3 Å². The van der Waals surface area contributed by atoms with E-state index in [1.54, 1.807) is 12.1 Å². The van der Waals surface area contributed by atoms with Crippen LogP contribution in [0.5, 0.6) is 5.75 Å². The monoisotopic (exact) mass is 288 g/mol. The maximum atomic E-state index is 13.2. The van der Waals surface area contributed by atoms with Gasteiger partial charge in [0.1, 0.15) is 11.6 Å². The van der Waals surface area contributed by atoms with Gasteiger partial charge >= 0.3 is 0 Å². The molecule has 1 amide bonds. The Kier molecular flexibility index (Phi) is 4.42. The molecule has 5 heteroatoms. The minimum Gasteiger partial charge on any atom is -0.508 e. The third kappa shape index (κ3) is 3.95. The number of nitrogens with one attached hydrogen (secondary N) is 1. The van der Waals surface area contributed by atoms with Gasteiger partial charge in [0.05, 0.1) is 12.5 Å². The van der Waals surface area contributed by atoms with E-state index in [4.69, 9.17) is 5.73 Å². The molecule has 21 heavy (non-hydrogen) atoms. The standard InChI is InChI=1S/C16H17FN2O2/c1-10(14-9-12(17)4-7-15(14)20)19-13-5-2-11(3-6-13)8-16(18)21/h2-7,9-10,19-20H,8H2,1H3,(H2,18,21). The van der Waals surface area contributed by atoms with Crippen LogP contribution in [0.4, 0.5) is 10.1 Å². The molecule has 2 aromatic rings. The lowest BCUT2D eigenvalue weighted by atomic mass is 10.1. The van der Waals surface area contributed by atoms with Crippen molar-refractivity contribution < 1.29 is 14.3 Å². The molecule has 4 N–H and O–H groups in total. The second-order valence-electron chi connectivity index (χ2n) is 4.91. The summed E-state index contributed by atoms with van der Waals surface area (Å²) >= 11 is 0. The van der Waals surface area contributed by atoms with Gasteiger partial charge in [0.2, 0.25) is 5.91 Å². The van der Waals surface area contributed by atoms with Crippen LogP contribution >= 0.6 is 0 Å². The summed E-state index contributed by atoms with van der Waals surface area (Å²) in [5, 5.41) is 12.9. The van der Waals surface area contributed by atoms with E-state index >= 15 is 0 Å². The van der Waals surface area contributed by atoms with Gasteiger partial charge in [-0.05, 0) is 42.8 Å². The van der Waals surface area contributed by atoms with Crippen molar-refractivity contribution in [2.24, 2.45) is 5.73 Å². The van der Waals surface area contributed by atoms with Crippen molar-refractivity contribution in [1.29, 1.82) is 0 Å². The molecule has 0 aliphatic rings. The number of amides is 1. The Morgan fingerprint density at radius 2 is 1.95 bits per heavy atom. The first-order valence-electron chi connectivity index (χ1n) is 6.58. The van der Waals surface area contributed by atoms with Crippen LogP contribution in [0.15, 0.2) is 42.5 Å². The summed E-state index contributed by atoms with van der Waals surface area (Å²) in [7, 11) is 0. The highest BCUT2D eigenvalue weighted by Crippen LogP contribution is 2.27. The van der Waals surface area contributed by atoms with Crippen molar-refractivity contribution in [2.45, 2.75) is 19.4 Å². The van der Waals surface area contributed by atoms with Gasteiger partial charge in [-0.2, -0.15) is 0 Å². The number of carbonyl (C=O) groups excluding carboxylic acids is 1. The topological polar surface area (TPSA) is 75.3 Å². The van der Waals surface area contributed by atoms with Crippen LogP contribution in [0, 0.1) is 5.82 Å². The lowest BCUT2D eigenvalue weighted by molar-refractivity contribution is -0.117. The van der Waals surface area contributed by atoms with Crippen LogP contribution in [0.1, 0.15) is 24.1 Å². The summed E-state index contributed by atoms with van der Waals surface area (Å²) in [5.74, 6) is -0.733. The van der Waals surface area contributed by atoms with E-state index in [1.807, 2.05) is 19.1 Å². The lowest BCUT2D eigenvalue weighted by Crippen LogP contribution is -2.13. The minimum absolute atomic E-state index is 0.0433. The lowest BCUT2D eigenvalue weighted by Gasteiger charge is -2.17. The van der Waals surface area contributed by atoms with Crippen LogP contribution < -0.4 is 11.1 Å². The average Bonchev–Trinajstić information content (AvgIpc) is 2.43. The van der Waals surface area contributed by atoms with Crippen LogP contribution in [0.2, 0.25) is 0 Å². The zero-order valence-corrected chi connectivity index (χ0v) is 11.6. The number of hydrogen-bond donors (Lipinski definition) is 3. The normalized spacial score (nSPS) is 11.9. The summed E-state index contributed by atoms with van der Waals surface area (Å²) in [6.07, 6.45) is 0.195. The number of phenolic OH excluding ortho intramolecular Hbond substituents is 1. The van der Waals surface area contributed by atoms with E-state index in [1.165, 1.54) is 18.2 Å². The Morgan fingerprint density at radius 3 is 2.57 bits per heavy atom. The molecule has 1 atom stereocenters. The fourth-order valence-electron chi connectivity index (χ4n) is 2.12. The summed E-state index contributed by atoms with van der Waals surface area (Å²) in [6, 6.07) is 10.8. The van der Waals surface area contributed by atoms with E-state index in [0.29, 0.717) is 5.56 Å². The predicted molar refractivity (Wildman–Crippen MR) is 79.4 cm³/mol. The van der Waals surface area contributed by atoms with E-state index in [0.717, 1.165) is 11.3 Å². The fourth-order valence-corrected chi connectivity index (χ4v) is 2.12. The molecule has 1 unspecified atom stereocenters. The van der Waals surface area contributed by atoms with Crippen LogP contribution in [-0.2, 0) is 11.2 Å².